The molecule has 14 heavy (non-hydrogen) atoms. The third-order valence-electron chi connectivity index (χ3n) is 1.29. The normalized spacial score (nSPS) is 10.1. The molecular weight excluding hydrogens is 180 g/mol. The van der Waals surface area contributed by atoms with Gasteiger partial charge in [-0.3, -0.25) is 4.79 Å². The molecule has 74 valence electrons. The van der Waals surface area contributed by atoms with Gasteiger partial charge in [-0.2, -0.15) is 0 Å². The Balaban J connectivity index is 3.66. The summed E-state index contributed by atoms with van der Waals surface area (Å²) in [5.41, 5.74) is 0. The van der Waals surface area contributed by atoms with Gasteiger partial charge in [0.25, 0.3) is 0 Å². The molecule has 0 rings (SSSR count). The van der Waals surface area contributed by atoms with Gasteiger partial charge in [0.05, 0.1) is 0 Å². The highest BCUT2D eigenvalue weighted by molar-refractivity contribution is 5.66. The van der Waals surface area contributed by atoms with Crippen molar-refractivity contribution >= 4 is 5.97 Å². The molecule has 0 radical (unpaired) electrons. The molecule has 0 aromatic carbocycles. The van der Waals surface area contributed by atoms with Crippen molar-refractivity contribution in [2.24, 2.45) is 0 Å². The number of hydrogen-bond donors (Lipinski definition) is 2. The van der Waals surface area contributed by atoms with Crippen LogP contribution in [0, 0.1) is 23.7 Å². The van der Waals surface area contributed by atoms with Crippen molar-refractivity contribution in [3.63, 3.8) is 0 Å². The highest BCUT2D eigenvalue weighted by atomic mass is 16.4. The Morgan fingerprint density at radius 2 is 2.21 bits per heavy atom. The Morgan fingerprint density at radius 3 is 2.79 bits per heavy atom. The molecule has 3 nitrogen and oxygen atoms in total. The topological polar surface area (TPSA) is 57.5 Å². The van der Waals surface area contributed by atoms with E-state index in [-0.39, 0.29) is 6.42 Å². The Hall–Kier alpha value is -1.71. The van der Waals surface area contributed by atoms with E-state index in [9.17, 15) is 4.79 Å². The lowest BCUT2D eigenvalue weighted by atomic mass is 10.2. The first-order valence-electron chi connectivity index (χ1n) is 4.17. The van der Waals surface area contributed by atoms with E-state index in [2.05, 4.69) is 30.3 Å². The first kappa shape index (κ1) is 12.3. The highest BCUT2D eigenvalue weighted by Crippen LogP contribution is 1.92. The van der Waals surface area contributed by atoms with E-state index in [1.54, 1.807) is 0 Å². The first-order valence-corrected chi connectivity index (χ1v) is 4.17. The smallest absolute Gasteiger partial charge is 0.303 e. The van der Waals surface area contributed by atoms with Gasteiger partial charge in [0.1, 0.15) is 6.10 Å². The molecule has 0 spiro atoms. The lowest BCUT2D eigenvalue weighted by molar-refractivity contribution is -0.137. The van der Waals surface area contributed by atoms with E-state index >= 15 is 0 Å². The molecule has 0 aromatic rings. The van der Waals surface area contributed by atoms with Crippen LogP contribution in [0.2, 0.25) is 0 Å². The number of rotatable bonds is 4. The summed E-state index contributed by atoms with van der Waals surface area (Å²) < 4.78 is 0. The van der Waals surface area contributed by atoms with Crippen LogP contribution in [0.5, 0.6) is 0 Å². The van der Waals surface area contributed by atoms with Crippen LogP contribution in [0.3, 0.4) is 0 Å². The fraction of sp³-hybridized carbons (Fsp3) is 0.364. The lowest BCUT2D eigenvalue weighted by Crippen LogP contribution is -1.94. The minimum atomic E-state index is -0.844. The molecule has 1 atom stereocenters. The predicted octanol–water partition coefficient (Wildman–Crippen LogP) is 0.795. The third-order valence-corrected chi connectivity index (χ3v) is 1.29. The number of aliphatic carboxylic acids is 1. The van der Waals surface area contributed by atoms with E-state index < -0.39 is 12.1 Å². The molecule has 0 aromatic heterocycles. The average molecular weight is 192 g/mol. The predicted molar refractivity (Wildman–Crippen MR) is 53.2 cm³/mol. The largest absolute Gasteiger partial charge is 0.481 e. The Bertz CT molecular complexity index is 309. The molecular formula is C11H12O3. The van der Waals surface area contributed by atoms with Crippen LogP contribution >= 0.6 is 0 Å². The second kappa shape index (κ2) is 7.91. The van der Waals surface area contributed by atoms with Crippen LogP contribution in [0.25, 0.3) is 0 Å². The lowest BCUT2D eigenvalue weighted by Gasteiger charge is -1.87. The fourth-order valence-electron chi connectivity index (χ4n) is 0.604. The van der Waals surface area contributed by atoms with Crippen molar-refractivity contribution in [1.29, 1.82) is 0 Å². The summed E-state index contributed by atoms with van der Waals surface area (Å²) in [5, 5.41) is 17.2. The summed E-state index contributed by atoms with van der Waals surface area (Å²) >= 11 is 0. The minimum absolute atomic E-state index is 0.122. The van der Waals surface area contributed by atoms with Crippen molar-refractivity contribution in [3.8, 4) is 23.7 Å². The Kier molecular flexibility index (Phi) is 6.95. The number of aliphatic hydroxyl groups is 1. The maximum absolute atomic E-state index is 10.1. The van der Waals surface area contributed by atoms with E-state index in [1.165, 1.54) is 6.08 Å². The fourth-order valence-corrected chi connectivity index (χ4v) is 0.604. The Morgan fingerprint density at radius 1 is 1.50 bits per heavy atom. The zero-order valence-electron chi connectivity index (χ0n) is 7.79. The van der Waals surface area contributed by atoms with Crippen molar-refractivity contribution in [2.45, 2.75) is 25.4 Å². The molecule has 0 saturated heterocycles. The van der Waals surface area contributed by atoms with Gasteiger partial charge in [-0.1, -0.05) is 24.5 Å². The average Bonchev–Trinajstić information content (AvgIpc) is 2.15. The summed E-state index contributed by atoms with van der Waals surface area (Å²) in [7, 11) is 0. The molecule has 0 fully saturated rings. The quantitative estimate of drug-likeness (QED) is 0.393. The van der Waals surface area contributed by atoms with Crippen LogP contribution in [0.4, 0.5) is 0 Å². The van der Waals surface area contributed by atoms with E-state index in [0.717, 1.165) is 0 Å². The van der Waals surface area contributed by atoms with Gasteiger partial charge < -0.3 is 10.2 Å². The summed E-state index contributed by atoms with van der Waals surface area (Å²) in [6.07, 6.45) is 1.61. The van der Waals surface area contributed by atoms with E-state index in [0.29, 0.717) is 12.8 Å². The molecule has 0 aliphatic rings. The molecule has 0 heterocycles. The maximum atomic E-state index is 10.1. The van der Waals surface area contributed by atoms with Gasteiger partial charge in [-0.25, -0.2) is 0 Å². The molecule has 0 aliphatic carbocycles. The molecule has 0 amide bonds. The van der Waals surface area contributed by atoms with Crippen molar-refractivity contribution in [1.82, 2.24) is 0 Å². The zero-order valence-corrected chi connectivity index (χ0v) is 7.79. The van der Waals surface area contributed by atoms with Crippen LogP contribution in [-0.2, 0) is 4.79 Å². The van der Waals surface area contributed by atoms with Crippen molar-refractivity contribution in [2.75, 3.05) is 0 Å². The van der Waals surface area contributed by atoms with Crippen molar-refractivity contribution < 1.29 is 15.0 Å². The number of unbranched alkanes of at least 4 members (excludes halogenated alkanes) is 1. The molecule has 0 aliphatic heterocycles. The molecule has 2 N–H and O–H groups in total. The van der Waals surface area contributed by atoms with Gasteiger partial charge in [-0.05, 0) is 18.3 Å². The molecule has 0 bridgehead atoms. The molecule has 3 heteroatoms. The standard InChI is InChI=1S/C11H12O3/c1-2-10(12)8-6-4-3-5-7-9-11(13)14/h2,10,12H,1,5,7,9H2,(H,13,14). The summed E-state index contributed by atoms with van der Waals surface area (Å²) in [4.78, 5) is 10.1. The number of carboxylic acids is 1. The van der Waals surface area contributed by atoms with E-state index in [4.69, 9.17) is 10.2 Å². The number of hydrogen-bond acceptors (Lipinski definition) is 2. The van der Waals surface area contributed by atoms with Crippen LogP contribution < -0.4 is 0 Å². The second-order valence-corrected chi connectivity index (χ2v) is 2.50. The second-order valence-electron chi connectivity index (χ2n) is 2.50. The number of carboxylic acid groups (broad SMARTS) is 1. The maximum Gasteiger partial charge on any atom is 0.303 e. The summed E-state index contributed by atoms with van der Waals surface area (Å²) in [6.45, 7) is 3.34. The number of aliphatic hydroxyl groups excluding tert-OH is 1. The third kappa shape index (κ3) is 8.39. The monoisotopic (exact) mass is 192 g/mol. The summed E-state index contributed by atoms with van der Waals surface area (Å²) in [6, 6.07) is 0. The van der Waals surface area contributed by atoms with Crippen molar-refractivity contribution in [3.05, 3.63) is 12.7 Å². The molecule has 1 unspecified atom stereocenters. The van der Waals surface area contributed by atoms with Gasteiger partial charge in [0, 0.05) is 12.8 Å². The first-order chi connectivity index (χ1) is 6.66. The van der Waals surface area contributed by atoms with Gasteiger partial charge in [0.15, 0.2) is 0 Å². The van der Waals surface area contributed by atoms with E-state index in [1.807, 2.05) is 0 Å². The van der Waals surface area contributed by atoms with Gasteiger partial charge in [-0.15, -0.1) is 0 Å². The van der Waals surface area contributed by atoms with Crippen LogP contribution in [-0.4, -0.2) is 22.3 Å². The van der Waals surface area contributed by atoms with Crippen LogP contribution in [0.1, 0.15) is 19.3 Å². The molecule has 0 saturated carbocycles. The van der Waals surface area contributed by atoms with Gasteiger partial charge in [0.2, 0.25) is 0 Å². The summed E-state index contributed by atoms with van der Waals surface area (Å²) in [5.74, 6) is 9.25. The van der Waals surface area contributed by atoms with Crippen LogP contribution in [0.15, 0.2) is 12.7 Å². The number of carbonyl (C=O) groups is 1. The Labute approximate surface area is 83.4 Å². The highest BCUT2D eigenvalue weighted by Gasteiger charge is 1.92. The minimum Gasteiger partial charge on any atom is -0.481 e. The zero-order chi connectivity index (χ0) is 10.8. The SMILES string of the molecule is C=CC(O)C#CC#CCCCC(=O)O. The van der Waals surface area contributed by atoms with Gasteiger partial charge >= 0.3 is 5.97 Å².